The van der Waals surface area contributed by atoms with Gasteiger partial charge in [-0.25, -0.2) is 0 Å². The summed E-state index contributed by atoms with van der Waals surface area (Å²) in [5, 5.41) is 13.2. The molecule has 0 bridgehead atoms. The van der Waals surface area contributed by atoms with Crippen molar-refractivity contribution in [1.29, 1.82) is 5.26 Å². The molecule has 4 nitrogen and oxygen atoms in total. The van der Waals surface area contributed by atoms with Crippen LogP contribution in [0, 0.1) is 11.3 Å². The number of fused-ring (bicyclic) bond motifs is 1. The Morgan fingerprint density at radius 1 is 1.16 bits per heavy atom. The first kappa shape index (κ1) is 16.2. The molecule has 1 aliphatic heterocycles. The van der Waals surface area contributed by atoms with Crippen LogP contribution in [0.2, 0.25) is 0 Å². The Bertz CT molecular complexity index is 843. The molecular formula is C20H21N3OS. The summed E-state index contributed by atoms with van der Waals surface area (Å²) in [5.74, 6) is -0.129. The zero-order valence-corrected chi connectivity index (χ0v) is 15.0. The maximum Gasteiger partial charge on any atom is 0.256 e. The quantitative estimate of drug-likeness (QED) is 0.894. The third kappa shape index (κ3) is 3.14. The molecule has 2 heterocycles. The number of carbonyl (C=O) groups excluding carboxylic acids is 1. The molecule has 0 spiro atoms. The van der Waals surface area contributed by atoms with E-state index in [0.717, 1.165) is 43.6 Å². The summed E-state index contributed by atoms with van der Waals surface area (Å²) in [6, 6.07) is 10.1. The maximum atomic E-state index is 12.7. The van der Waals surface area contributed by atoms with Crippen molar-refractivity contribution in [2.24, 2.45) is 0 Å². The smallest absolute Gasteiger partial charge is 0.256 e. The average molecular weight is 351 g/mol. The Hall–Kier alpha value is -2.32. The number of anilines is 2. The number of aryl methyl sites for hydroxylation is 1. The maximum absolute atomic E-state index is 12.7. The van der Waals surface area contributed by atoms with E-state index in [2.05, 4.69) is 22.4 Å². The third-order valence-electron chi connectivity index (χ3n) is 5.09. The van der Waals surface area contributed by atoms with Crippen LogP contribution in [0.3, 0.4) is 0 Å². The largest absolute Gasteiger partial charge is 0.372 e. The zero-order valence-electron chi connectivity index (χ0n) is 14.2. The summed E-state index contributed by atoms with van der Waals surface area (Å²) >= 11 is 1.57. The highest BCUT2D eigenvalue weighted by atomic mass is 32.1. The third-order valence-corrected chi connectivity index (χ3v) is 6.30. The first-order valence-corrected chi connectivity index (χ1v) is 9.79. The number of benzene rings is 1. The van der Waals surface area contributed by atoms with Gasteiger partial charge in [0, 0.05) is 29.2 Å². The molecule has 128 valence electrons. The fraction of sp³-hybridized carbons (Fsp3) is 0.400. The summed E-state index contributed by atoms with van der Waals surface area (Å²) < 4.78 is 0. The van der Waals surface area contributed by atoms with Gasteiger partial charge in [-0.15, -0.1) is 11.3 Å². The number of hydrogen-bond acceptors (Lipinski definition) is 4. The van der Waals surface area contributed by atoms with Gasteiger partial charge in [0.2, 0.25) is 0 Å². The van der Waals surface area contributed by atoms with Crippen molar-refractivity contribution in [3.63, 3.8) is 0 Å². The van der Waals surface area contributed by atoms with E-state index in [-0.39, 0.29) is 5.91 Å². The van der Waals surface area contributed by atoms with Gasteiger partial charge in [0.25, 0.3) is 5.91 Å². The number of amides is 1. The minimum atomic E-state index is -0.129. The molecule has 2 aliphatic rings. The second-order valence-corrected chi connectivity index (χ2v) is 7.83. The predicted molar refractivity (Wildman–Crippen MR) is 102 cm³/mol. The molecule has 4 rings (SSSR count). The van der Waals surface area contributed by atoms with Crippen LogP contribution in [-0.4, -0.2) is 19.0 Å². The number of nitrogens with zero attached hydrogens (tertiary/aromatic N) is 2. The van der Waals surface area contributed by atoms with Crippen LogP contribution < -0.4 is 10.2 Å². The van der Waals surface area contributed by atoms with Gasteiger partial charge in [-0.1, -0.05) is 6.07 Å². The van der Waals surface area contributed by atoms with E-state index in [0.29, 0.717) is 16.1 Å². The summed E-state index contributed by atoms with van der Waals surface area (Å²) in [4.78, 5) is 16.3. The highest BCUT2D eigenvalue weighted by Crippen LogP contribution is 2.37. The zero-order chi connectivity index (χ0) is 17.2. The van der Waals surface area contributed by atoms with Crippen molar-refractivity contribution in [2.45, 2.75) is 38.5 Å². The molecule has 5 heteroatoms. The standard InChI is InChI=1S/C20H21N3OS/c21-13-17-16-8-1-2-9-18(16)25-20(17)22-19(24)14-6-5-7-15(12-14)23-10-3-4-11-23/h5-7,12H,1-4,8-11H2,(H,22,24). The van der Waals surface area contributed by atoms with Crippen LogP contribution in [0.1, 0.15) is 52.0 Å². The van der Waals surface area contributed by atoms with E-state index in [1.165, 1.54) is 24.1 Å². The van der Waals surface area contributed by atoms with Crippen molar-refractivity contribution in [2.75, 3.05) is 23.3 Å². The number of carbonyl (C=O) groups is 1. The van der Waals surface area contributed by atoms with Crippen molar-refractivity contribution >= 4 is 27.9 Å². The topological polar surface area (TPSA) is 56.1 Å². The van der Waals surface area contributed by atoms with E-state index < -0.39 is 0 Å². The van der Waals surface area contributed by atoms with Crippen LogP contribution in [0.15, 0.2) is 24.3 Å². The fourth-order valence-electron chi connectivity index (χ4n) is 3.77. The predicted octanol–water partition coefficient (Wildman–Crippen LogP) is 4.35. The fourth-order valence-corrected chi connectivity index (χ4v) is 5.00. The van der Waals surface area contributed by atoms with Crippen molar-refractivity contribution in [3.8, 4) is 6.07 Å². The van der Waals surface area contributed by atoms with E-state index in [1.54, 1.807) is 11.3 Å². The molecule has 0 radical (unpaired) electrons. The highest BCUT2D eigenvalue weighted by Gasteiger charge is 2.22. The van der Waals surface area contributed by atoms with Crippen LogP contribution in [0.5, 0.6) is 0 Å². The highest BCUT2D eigenvalue weighted by molar-refractivity contribution is 7.16. The molecule has 1 amide bonds. The molecule has 2 aromatic rings. The molecule has 0 atom stereocenters. The van der Waals surface area contributed by atoms with Gasteiger partial charge in [-0.2, -0.15) is 5.26 Å². The van der Waals surface area contributed by atoms with Gasteiger partial charge in [0.15, 0.2) is 0 Å². The molecular weight excluding hydrogens is 330 g/mol. The average Bonchev–Trinajstić information content (AvgIpc) is 3.29. The first-order chi connectivity index (χ1) is 12.3. The Balaban J connectivity index is 1.57. The molecule has 1 fully saturated rings. The second kappa shape index (κ2) is 6.89. The lowest BCUT2D eigenvalue weighted by atomic mass is 9.96. The second-order valence-electron chi connectivity index (χ2n) is 6.73. The van der Waals surface area contributed by atoms with Crippen LogP contribution >= 0.6 is 11.3 Å². The first-order valence-electron chi connectivity index (χ1n) is 8.97. The van der Waals surface area contributed by atoms with E-state index in [1.807, 2.05) is 18.2 Å². The lowest BCUT2D eigenvalue weighted by molar-refractivity contribution is 0.102. The van der Waals surface area contributed by atoms with Crippen molar-refractivity contribution in [3.05, 3.63) is 45.8 Å². The Labute approximate surface area is 152 Å². The van der Waals surface area contributed by atoms with Crippen molar-refractivity contribution < 1.29 is 4.79 Å². The lowest BCUT2D eigenvalue weighted by Crippen LogP contribution is -2.19. The Morgan fingerprint density at radius 3 is 2.76 bits per heavy atom. The minimum absolute atomic E-state index is 0.129. The minimum Gasteiger partial charge on any atom is -0.372 e. The SMILES string of the molecule is N#Cc1c(NC(=O)c2cccc(N3CCCC3)c2)sc2c1CCCC2. The van der Waals surface area contributed by atoms with Crippen molar-refractivity contribution in [1.82, 2.24) is 0 Å². The van der Waals surface area contributed by atoms with Crippen LogP contribution in [-0.2, 0) is 12.8 Å². The number of hydrogen-bond donors (Lipinski definition) is 1. The summed E-state index contributed by atoms with van der Waals surface area (Å²) in [6.07, 6.45) is 6.70. The molecule has 0 unspecified atom stereocenters. The van der Waals surface area contributed by atoms with Gasteiger partial charge in [-0.3, -0.25) is 4.79 Å². The molecule has 1 N–H and O–H groups in total. The molecule has 1 aromatic heterocycles. The lowest BCUT2D eigenvalue weighted by Gasteiger charge is -2.18. The molecule has 1 saturated heterocycles. The monoisotopic (exact) mass is 351 g/mol. The number of thiophene rings is 1. The summed E-state index contributed by atoms with van der Waals surface area (Å²) in [7, 11) is 0. The Kier molecular flexibility index (Phi) is 4.46. The molecule has 1 aliphatic carbocycles. The Morgan fingerprint density at radius 2 is 1.96 bits per heavy atom. The normalized spacial score (nSPS) is 16.4. The molecule has 25 heavy (non-hydrogen) atoms. The van der Waals surface area contributed by atoms with Gasteiger partial charge >= 0.3 is 0 Å². The summed E-state index contributed by atoms with van der Waals surface area (Å²) in [5.41, 5.74) is 3.58. The van der Waals surface area contributed by atoms with E-state index >= 15 is 0 Å². The van der Waals surface area contributed by atoms with E-state index in [9.17, 15) is 10.1 Å². The summed E-state index contributed by atoms with van der Waals surface area (Å²) in [6.45, 7) is 2.11. The molecule has 0 saturated carbocycles. The number of nitriles is 1. The van der Waals surface area contributed by atoms with Gasteiger partial charge in [0.1, 0.15) is 11.1 Å². The van der Waals surface area contributed by atoms with Crippen LogP contribution in [0.4, 0.5) is 10.7 Å². The number of nitrogens with one attached hydrogen (secondary N) is 1. The number of rotatable bonds is 3. The van der Waals surface area contributed by atoms with Gasteiger partial charge < -0.3 is 10.2 Å². The van der Waals surface area contributed by atoms with Gasteiger partial charge in [-0.05, 0) is 62.3 Å². The van der Waals surface area contributed by atoms with Crippen LogP contribution in [0.25, 0.3) is 0 Å². The van der Waals surface area contributed by atoms with E-state index in [4.69, 9.17) is 0 Å². The van der Waals surface area contributed by atoms with Gasteiger partial charge in [0.05, 0.1) is 5.56 Å². The molecule has 1 aromatic carbocycles.